The molecule has 0 spiro atoms. The molecule has 4 aromatic rings. The molecule has 0 amide bonds. The van der Waals surface area contributed by atoms with Crippen molar-refractivity contribution in [2.24, 2.45) is 0 Å². The molecule has 2 aromatic heterocycles. The van der Waals surface area contributed by atoms with E-state index < -0.39 is 0 Å². The Morgan fingerprint density at radius 1 is 1.10 bits per heavy atom. The molecular weight excluding hydrogens is 509 g/mol. The molecule has 0 unspecified atom stereocenters. The minimum Gasteiger partial charge on any atom is -0.358 e. The van der Waals surface area contributed by atoms with Crippen molar-refractivity contribution in [1.82, 2.24) is 25.4 Å². The lowest BCUT2D eigenvalue weighted by molar-refractivity contribution is 0.438. The van der Waals surface area contributed by atoms with Gasteiger partial charge in [-0.2, -0.15) is 5.10 Å². The Balaban J connectivity index is 1.73. The predicted molar refractivity (Wildman–Crippen MR) is 172 cm³/mol. The van der Waals surface area contributed by atoms with E-state index in [1.54, 1.807) is 18.2 Å². The van der Waals surface area contributed by atoms with Gasteiger partial charge in [-0.1, -0.05) is 44.4 Å². The molecule has 0 saturated heterocycles. The number of aryl methyl sites for hydroxylation is 2. The smallest absolute Gasteiger partial charge is 0.124 e. The van der Waals surface area contributed by atoms with Crippen LogP contribution in [0.1, 0.15) is 48.2 Å². The molecule has 41 heavy (non-hydrogen) atoms. The van der Waals surface area contributed by atoms with E-state index in [4.69, 9.17) is 0 Å². The van der Waals surface area contributed by atoms with Crippen molar-refractivity contribution < 1.29 is 4.39 Å². The van der Waals surface area contributed by atoms with Gasteiger partial charge in [0, 0.05) is 34.6 Å². The minimum absolute atomic E-state index is 0.230. The number of fused-ring (bicyclic) bond motifs is 1. The van der Waals surface area contributed by atoms with Crippen LogP contribution >= 0.6 is 0 Å². The number of aromatic nitrogens is 3. The zero-order valence-electron chi connectivity index (χ0n) is 25.0. The summed E-state index contributed by atoms with van der Waals surface area (Å²) in [6.07, 6.45) is 8.95. The van der Waals surface area contributed by atoms with Gasteiger partial charge in [-0.05, 0) is 112 Å². The van der Waals surface area contributed by atoms with Gasteiger partial charge in [0.25, 0.3) is 0 Å². The van der Waals surface area contributed by atoms with Crippen molar-refractivity contribution in [3.05, 3.63) is 125 Å². The molecule has 212 valence electrons. The first-order valence-electron chi connectivity index (χ1n) is 13.9. The van der Waals surface area contributed by atoms with Gasteiger partial charge in [-0.25, -0.2) is 4.39 Å². The van der Waals surface area contributed by atoms with Crippen molar-refractivity contribution in [2.45, 2.75) is 34.1 Å². The maximum Gasteiger partial charge on any atom is 0.124 e. The highest BCUT2D eigenvalue weighted by Crippen LogP contribution is 2.34. The zero-order valence-corrected chi connectivity index (χ0v) is 25.0. The summed E-state index contributed by atoms with van der Waals surface area (Å²) >= 11 is 0. The van der Waals surface area contributed by atoms with E-state index in [1.165, 1.54) is 0 Å². The Bertz CT molecular complexity index is 1660. The number of aromatic amines is 2. The first-order chi connectivity index (χ1) is 19.6. The van der Waals surface area contributed by atoms with Gasteiger partial charge < -0.3 is 15.2 Å². The fourth-order valence-electron chi connectivity index (χ4n) is 5.12. The summed E-state index contributed by atoms with van der Waals surface area (Å²) in [4.78, 5) is 5.60. The third-order valence-corrected chi connectivity index (χ3v) is 6.89. The summed E-state index contributed by atoms with van der Waals surface area (Å²) in [6.45, 7) is 16.9. The number of rotatable bonds is 11. The Labute approximate surface area is 242 Å². The quantitative estimate of drug-likeness (QED) is 0.165. The fourth-order valence-corrected chi connectivity index (χ4v) is 5.12. The highest BCUT2D eigenvalue weighted by Gasteiger charge is 2.17. The Kier molecular flexibility index (Phi) is 9.25. The molecule has 0 aliphatic rings. The molecule has 5 nitrogen and oxygen atoms in total. The standard InChI is InChI=1S/C35H40FN5/c1-9-12-30(27-15-22(4)16-28(36)17-27)31-20-34(38-24(31)6)35-32-19-26(13-14-33(32)39-40-35)25(10-2)18-29(11-3)37-23(5)21-41(7)8/h10-20,37-38H,3,5,9,21H2,1-2,4,6-8H3,(H,39,40)/b25-10+,29-18+,30-12-. The summed E-state index contributed by atoms with van der Waals surface area (Å²) in [6, 6.07) is 13.6. The molecule has 0 aliphatic heterocycles. The van der Waals surface area contributed by atoms with Crippen LogP contribution in [0.25, 0.3) is 33.4 Å². The lowest BCUT2D eigenvalue weighted by Crippen LogP contribution is -2.23. The summed E-state index contributed by atoms with van der Waals surface area (Å²) in [7, 11) is 4.02. The highest BCUT2D eigenvalue weighted by molar-refractivity contribution is 5.96. The number of allylic oxidation sites excluding steroid dienone is 5. The fraction of sp³-hybridized carbons (Fsp3) is 0.229. The molecule has 0 bridgehead atoms. The zero-order chi connectivity index (χ0) is 29.7. The third-order valence-electron chi connectivity index (χ3n) is 6.89. The number of nitrogens with zero attached hydrogens (tertiary/aromatic N) is 2. The maximum atomic E-state index is 14.3. The van der Waals surface area contributed by atoms with Crippen LogP contribution in [0.2, 0.25) is 0 Å². The van der Waals surface area contributed by atoms with Gasteiger partial charge in [-0.15, -0.1) is 0 Å². The van der Waals surface area contributed by atoms with E-state index >= 15 is 0 Å². The van der Waals surface area contributed by atoms with Crippen LogP contribution < -0.4 is 5.32 Å². The molecule has 3 N–H and O–H groups in total. The molecule has 0 radical (unpaired) electrons. The van der Waals surface area contributed by atoms with E-state index in [-0.39, 0.29) is 5.82 Å². The molecule has 2 heterocycles. The lowest BCUT2D eigenvalue weighted by Gasteiger charge is -2.15. The van der Waals surface area contributed by atoms with Gasteiger partial charge in [0.05, 0.1) is 11.2 Å². The van der Waals surface area contributed by atoms with E-state index in [0.717, 1.165) is 85.7 Å². The largest absolute Gasteiger partial charge is 0.358 e. The number of hydrogen-bond acceptors (Lipinski definition) is 3. The summed E-state index contributed by atoms with van der Waals surface area (Å²) < 4.78 is 14.3. The van der Waals surface area contributed by atoms with Crippen LogP contribution in [0.3, 0.4) is 0 Å². The second kappa shape index (κ2) is 12.8. The van der Waals surface area contributed by atoms with Crippen molar-refractivity contribution in [3.63, 3.8) is 0 Å². The van der Waals surface area contributed by atoms with Crippen LogP contribution in [-0.4, -0.2) is 40.7 Å². The maximum absolute atomic E-state index is 14.3. The van der Waals surface area contributed by atoms with Crippen LogP contribution in [0, 0.1) is 19.7 Å². The van der Waals surface area contributed by atoms with E-state index in [9.17, 15) is 4.39 Å². The van der Waals surface area contributed by atoms with Crippen LogP contribution in [0.4, 0.5) is 4.39 Å². The predicted octanol–water partition coefficient (Wildman–Crippen LogP) is 8.29. The number of nitrogens with one attached hydrogen (secondary N) is 3. The highest BCUT2D eigenvalue weighted by atomic mass is 19.1. The average molecular weight is 550 g/mol. The molecule has 0 atom stereocenters. The number of halogens is 1. The van der Waals surface area contributed by atoms with Crippen molar-refractivity contribution in [2.75, 3.05) is 20.6 Å². The average Bonchev–Trinajstić information content (AvgIpc) is 3.51. The van der Waals surface area contributed by atoms with Crippen molar-refractivity contribution in [1.29, 1.82) is 0 Å². The van der Waals surface area contributed by atoms with E-state index in [2.05, 4.69) is 88.0 Å². The minimum atomic E-state index is -0.230. The second-order valence-corrected chi connectivity index (χ2v) is 10.6. The summed E-state index contributed by atoms with van der Waals surface area (Å²) in [5, 5.41) is 12.2. The molecule has 0 saturated carbocycles. The Morgan fingerprint density at radius 2 is 1.88 bits per heavy atom. The summed E-state index contributed by atoms with van der Waals surface area (Å²) in [5.74, 6) is -0.230. The molecule has 2 aromatic carbocycles. The molecule has 4 rings (SSSR count). The van der Waals surface area contributed by atoms with Crippen LogP contribution in [0.5, 0.6) is 0 Å². The van der Waals surface area contributed by atoms with Gasteiger partial charge >= 0.3 is 0 Å². The Morgan fingerprint density at radius 3 is 2.54 bits per heavy atom. The van der Waals surface area contributed by atoms with Crippen LogP contribution in [0.15, 0.2) is 91.3 Å². The first kappa shape index (κ1) is 29.6. The number of likely N-dealkylation sites (N-methyl/N-ethyl adjacent to an activating group) is 1. The van der Waals surface area contributed by atoms with Gasteiger partial charge in [-0.3, -0.25) is 5.10 Å². The first-order valence-corrected chi connectivity index (χ1v) is 13.9. The number of benzene rings is 2. The normalized spacial score (nSPS) is 12.8. The van der Waals surface area contributed by atoms with Crippen molar-refractivity contribution >= 4 is 22.0 Å². The third kappa shape index (κ3) is 6.84. The Hall–Kier alpha value is -4.42. The van der Waals surface area contributed by atoms with Crippen molar-refractivity contribution in [3.8, 4) is 11.4 Å². The monoisotopic (exact) mass is 549 g/mol. The van der Waals surface area contributed by atoms with E-state index in [0.29, 0.717) is 0 Å². The lowest BCUT2D eigenvalue weighted by atomic mass is 9.95. The second-order valence-electron chi connectivity index (χ2n) is 10.6. The van der Waals surface area contributed by atoms with Crippen LogP contribution in [-0.2, 0) is 0 Å². The van der Waals surface area contributed by atoms with Gasteiger partial charge in [0.1, 0.15) is 11.5 Å². The molecule has 0 fully saturated rings. The molecular formula is C35H40FN5. The number of H-pyrrole nitrogens is 2. The number of hydrogen-bond donors (Lipinski definition) is 3. The van der Waals surface area contributed by atoms with E-state index in [1.807, 2.05) is 40.9 Å². The SMILES string of the molecule is C=C/C(=C\C(=C/C)c1ccc2[nH]nc(-c3cc(/C(=C\CC)c4cc(C)cc(F)c4)c(C)[nH]3)c2c1)NC(=C)CN(C)C. The summed E-state index contributed by atoms with van der Waals surface area (Å²) in [5.41, 5.74) is 11.4. The molecule has 0 aliphatic carbocycles. The van der Waals surface area contributed by atoms with Gasteiger partial charge in [0.15, 0.2) is 0 Å². The topological polar surface area (TPSA) is 59.7 Å². The van der Waals surface area contributed by atoms with Gasteiger partial charge in [0.2, 0.25) is 0 Å². The molecule has 6 heteroatoms.